The number of anilines is 1. The number of amides is 1. The first-order valence-electron chi connectivity index (χ1n) is 10.9. The molecule has 0 aliphatic carbocycles. The van der Waals surface area contributed by atoms with Crippen LogP contribution in [0.15, 0.2) is 65.6 Å². The van der Waals surface area contributed by atoms with E-state index in [0.29, 0.717) is 44.1 Å². The molecule has 1 amide bonds. The fraction of sp³-hybridized carbons (Fsp3) is 0.320. The summed E-state index contributed by atoms with van der Waals surface area (Å²) in [6.45, 7) is 2.03. The highest BCUT2D eigenvalue weighted by Gasteiger charge is 2.29. The molecule has 1 aliphatic heterocycles. The Bertz CT molecular complexity index is 1160. The Hall–Kier alpha value is -3.81. The summed E-state index contributed by atoms with van der Waals surface area (Å²) in [5.74, 6) is 1.23. The monoisotopic (exact) mass is 448 g/mol. The highest BCUT2D eigenvalue weighted by Crippen LogP contribution is 2.25. The number of benzene rings is 2. The molecule has 1 fully saturated rings. The second kappa shape index (κ2) is 10.2. The number of nitrogens with one attached hydrogen (secondary N) is 1. The highest BCUT2D eigenvalue weighted by atomic mass is 16.5. The zero-order chi connectivity index (χ0) is 23.2. The maximum absolute atomic E-state index is 12.8. The van der Waals surface area contributed by atoms with Crippen molar-refractivity contribution in [2.45, 2.75) is 19.5 Å². The van der Waals surface area contributed by atoms with Gasteiger partial charge >= 0.3 is 0 Å². The van der Waals surface area contributed by atoms with E-state index in [-0.39, 0.29) is 17.4 Å². The van der Waals surface area contributed by atoms with E-state index >= 15 is 0 Å². The number of ether oxygens (including phenoxy) is 2. The molecule has 0 bridgehead atoms. The van der Waals surface area contributed by atoms with Crippen LogP contribution in [0.3, 0.4) is 0 Å². The lowest BCUT2D eigenvalue weighted by molar-refractivity contribution is -0.124. The Morgan fingerprint density at radius 3 is 2.67 bits per heavy atom. The zero-order valence-corrected chi connectivity index (χ0v) is 18.9. The Morgan fingerprint density at radius 1 is 1.12 bits per heavy atom. The van der Waals surface area contributed by atoms with E-state index in [1.54, 1.807) is 26.5 Å². The van der Waals surface area contributed by atoms with Crippen molar-refractivity contribution in [3.05, 3.63) is 82.3 Å². The normalized spacial score (nSPS) is 15.3. The molecule has 2 heterocycles. The molecule has 1 atom stereocenters. The van der Waals surface area contributed by atoms with Crippen molar-refractivity contribution in [3.8, 4) is 11.5 Å². The van der Waals surface area contributed by atoms with Crippen LogP contribution in [0.2, 0.25) is 0 Å². The third-order valence-electron chi connectivity index (χ3n) is 5.90. The summed E-state index contributed by atoms with van der Waals surface area (Å²) in [4.78, 5) is 27.4. The van der Waals surface area contributed by atoms with E-state index < -0.39 is 0 Å². The Morgan fingerprint density at radius 2 is 1.94 bits per heavy atom. The van der Waals surface area contributed by atoms with Crippen LogP contribution in [-0.4, -0.2) is 43.0 Å². The third kappa shape index (κ3) is 5.34. The van der Waals surface area contributed by atoms with Crippen LogP contribution in [0.1, 0.15) is 17.5 Å². The topological polar surface area (TPSA) is 85.7 Å². The van der Waals surface area contributed by atoms with Gasteiger partial charge in [0.25, 0.3) is 5.56 Å². The van der Waals surface area contributed by atoms with Gasteiger partial charge in [-0.15, -0.1) is 0 Å². The van der Waals surface area contributed by atoms with Gasteiger partial charge in [-0.3, -0.25) is 9.59 Å². The first-order chi connectivity index (χ1) is 16.1. The molecule has 4 rings (SSSR count). The summed E-state index contributed by atoms with van der Waals surface area (Å²) < 4.78 is 12.1. The molecule has 1 aliphatic rings. The lowest BCUT2D eigenvalue weighted by Crippen LogP contribution is -2.33. The van der Waals surface area contributed by atoms with Gasteiger partial charge in [0.1, 0.15) is 11.5 Å². The summed E-state index contributed by atoms with van der Waals surface area (Å²) in [7, 11) is 3.20. The van der Waals surface area contributed by atoms with Gasteiger partial charge in [0.2, 0.25) is 5.91 Å². The van der Waals surface area contributed by atoms with E-state index in [4.69, 9.17) is 9.47 Å². The highest BCUT2D eigenvalue weighted by molar-refractivity contribution is 5.80. The second-order valence-electron chi connectivity index (χ2n) is 8.02. The van der Waals surface area contributed by atoms with Crippen LogP contribution in [0, 0.1) is 5.92 Å². The molecule has 172 valence electrons. The fourth-order valence-electron chi connectivity index (χ4n) is 4.03. The Kier molecular flexibility index (Phi) is 6.92. The van der Waals surface area contributed by atoms with Gasteiger partial charge in [0, 0.05) is 31.3 Å². The summed E-state index contributed by atoms with van der Waals surface area (Å²) in [6.07, 6.45) is 2.42. The zero-order valence-electron chi connectivity index (χ0n) is 18.9. The molecule has 0 saturated carbocycles. The molecular formula is C25H28N4O4. The number of carbonyl (C=O) groups is 1. The largest absolute Gasteiger partial charge is 0.497 e. The van der Waals surface area contributed by atoms with Crippen molar-refractivity contribution in [3.63, 3.8) is 0 Å². The van der Waals surface area contributed by atoms with Gasteiger partial charge < -0.3 is 19.7 Å². The molecule has 0 spiro atoms. The summed E-state index contributed by atoms with van der Waals surface area (Å²) in [5, 5.41) is 7.34. The molecule has 8 heteroatoms. The van der Waals surface area contributed by atoms with E-state index in [2.05, 4.69) is 10.4 Å². The summed E-state index contributed by atoms with van der Waals surface area (Å²) in [6, 6.07) is 16.8. The van der Waals surface area contributed by atoms with Gasteiger partial charge in [-0.05, 0) is 30.2 Å². The van der Waals surface area contributed by atoms with E-state index in [9.17, 15) is 9.59 Å². The molecule has 1 N–H and O–H groups in total. The van der Waals surface area contributed by atoms with Gasteiger partial charge in [-0.25, -0.2) is 4.68 Å². The van der Waals surface area contributed by atoms with Crippen LogP contribution in [0.4, 0.5) is 5.69 Å². The first kappa shape index (κ1) is 22.4. The second-order valence-corrected chi connectivity index (χ2v) is 8.02. The quantitative estimate of drug-likeness (QED) is 0.570. The number of carbonyl (C=O) groups excluding carboxylic acids is 1. The van der Waals surface area contributed by atoms with E-state index in [1.165, 1.54) is 4.68 Å². The van der Waals surface area contributed by atoms with E-state index in [1.807, 2.05) is 53.4 Å². The molecule has 8 nitrogen and oxygen atoms in total. The average molecular weight is 449 g/mol. The predicted octanol–water partition coefficient (Wildman–Crippen LogP) is 2.45. The third-order valence-corrected chi connectivity index (χ3v) is 5.90. The molecule has 0 radical (unpaired) electrons. The maximum atomic E-state index is 12.8. The van der Waals surface area contributed by atoms with Crippen LogP contribution in [0.5, 0.6) is 11.5 Å². The minimum atomic E-state index is -0.159. The number of hydrogen-bond donors (Lipinski definition) is 1. The summed E-state index contributed by atoms with van der Waals surface area (Å²) >= 11 is 0. The maximum Gasteiger partial charge on any atom is 0.269 e. The molecule has 33 heavy (non-hydrogen) atoms. The van der Waals surface area contributed by atoms with Crippen molar-refractivity contribution in [2.75, 3.05) is 32.2 Å². The molecule has 2 aromatic carbocycles. The first-order valence-corrected chi connectivity index (χ1v) is 10.9. The summed E-state index contributed by atoms with van der Waals surface area (Å²) in [5.41, 5.74) is 2.46. The number of hydrogen-bond acceptors (Lipinski definition) is 6. The van der Waals surface area contributed by atoms with Crippen LogP contribution in [-0.2, 0) is 17.9 Å². The molecular weight excluding hydrogens is 420 g/mol. The Labute approximate surface area is 192 Å². The number of aromatic nitrogens is 2. The van der Waals surface area contributed by atoms with Crippen molar-refractivity contribution < 1.29 is 14.3 Å². The lowest BCUT2D eigenvalue weighted by Gasteiger charge is -2.18. The van der Waals surface area contributed by atoms with Crippen molar-refractivity contribution in [1.82, 2.24) is 15.1 Å². The van der Waals surface area contributed by atoms with Crippen LogP contribution < -0.4 is 25.2 Å². The lowest BCUT2D eigenvalue weighted by atomic mass is 10.1. The minimum Gasteiger partial charge on any atom is -0.497 e. The van der Waals surface area contributed by atoms with Crippen molar-refractivity contribution >= 4 is 11.6 Å². The van der Waals surface area contributed by atoms with Crippen molar-refractivity contribution in [1.29, 1.82) is 0 Å². The van der Waals surface area contributed by atoms with Crippen LogP contribution in [0.25, 0.3) is 0 Å². The molecule has 1 aromatic heterocycles. The standard InChI is InChI=1S/C25H28N4O4/c1-32-22-8-9-23(33-2)20(12-22)14-26-25(31)19-10-11-28(17-19)21-13-24(30)29(27-15-21)16-18-6-4-3-5-7-18/h3-9,12-13,15,19H,10-11,14,16-17H2,1-2H3,(H,26,31). The molecule has 1 saturated heterocycles. The Balaban J connectivity index is 1.36. The SMILES string of the molecule is COc1ccc(OC)c(CNC(=O)C2CCN(c3cnn(Cc4ccccc4)c(=O)c3)C2)c1. The molecule has 1 unspecified atom stereocenters. The smallest absolute Gasteiger partial charge is 0.269 e. The van der Waals surface area contributed by atoms with Gasteiger partial charge in [0.15, 0.2) is 0 Å². The number of methoxy groups -OCH3 is 2. The average Bonchev–Trinajstić information content (AvgIpc) is 3.35. The van der Waals surface area contributed by atoms with Crippen molar-refractivity contribution in [2.24, 2.45) is 5.92 Å². The molecule has 3 aromatic rings. The van der Waals surface area contributed by atoms with Gasteiger partial charge in [-0.2, -0.15) is 5.10 Å². The van der Waals surface area contributed by atoms with E-state index in [0.717, 1.165) is 16.8 Å². The fourth-order valence-corrected chi connectivity index (χ4v) is 4.03. The van der Waals surface area contributed by atoms with Crippen LogP contribution >= 0.6 is 0 Å². The minimum absolute atomic E-state index is 0.0206. The van der Waals surface area contributed by atoms with Gasteiger partial charge in [-0.1, -0.05) is 30.3 Å². The predicted molar refractivity (Wildman–Crippen MR) is 126 cm³/mol. The number of nitrogens with zero attached hydrogens (tertiary/aromatic N) is 3. The van der Waals surface area contributed by atoms with Gasteiger partial charge in [0.05, 0.1) is 38.6 Å². The number of rotatable bonds is 8.